The highest BCUT2D eigenvalue weighted by Crippen LogP contribution is 2.46. The zero-order valence-corrected chi connectivity index (χ0v) is 25.3. The highest BCUT2D eigenvalue weighted by atomic mass is 28.4. The molecule has 0 spiro atoms. The Balaban J connectivity index is 1.64. The number of hydrogen-bond acceptors (Lipinski definition) is 6. The van der Waals surface area contributed by atoms with Crippen molar-refractivity contribution in [3.8, 4) is 0 Å². The predicted molar refractivity (Wildman–Crippen MR) is 157 cm³/mol. The van der Waals surface area contributed by atoms with Gasteiger partial charge < -0.3 is 22.9 Å². The topological polar surface area (TPSA) is 74.3 Å². The fourth-order valence-corrected chi connectivity index (χ4v) is 7.90. The van der Waals surface area contributed by atoms with Gasteiger partial charge in [0.2, 0.25) is 5.91 Å². The fraction of sp³-hybridized carbons (Fsp3) is 0.375. The molecular weight excluding hydrogens is 560 g/mol. The molecule has 7 nitrogen and oxygen atoms in total. The van der Waals surface area contributed by atoms with E-state index in [-0.39, 0.29) is 11.9 Å². The maximum Gasteiger partial charge on any atom is 0.537 e. The molecule has 0 aromatic heterocycles. The maximum absolute atomic E-state index is 13.7. The molecule has 4 rings (SSSR count). The SMILES string of the molecule is CCO[Si](OCC)(OCC)c1ccc([C@@H]2C(CC[C@H](OC(C)=O)c3ccc(F)cc3)C(=O)N2c2ccc(F)cc2)cc1. The van der Waals surface area contributed by atoms with Gasteiger partial charge in [-0.2, -0.15) is 0 Å². The van der Waals surface area contributed by atoms with Crippen molar-refractivity contribution in [3.63, 3.8) is 0 Å². The largest absolute Gasteiger partial charge is 0.537 e. The van der Waals surface area contributed by atoms with Crippen LogP contribution in [-0.4, -0.2) is 40.5 Å². The summed E-state index contributed by atoms with van der Waals surface area (Å²) >= 11 is 0. The van der Waals surface area contributed by atoms with Crippen LogP contribution in [-0.2, 0) is 27.6 Å². The Hall–Kier alpha value is -3.44. The Morgan fingerprint density at radius 2 is 1.36 bits per heavy atom. The van der Waals surface area contributed by atoms with Gasteiger partial charge in [0, 0.05) is 37.6 Å². The van der Waals surface area contributed by atoms with Crippen LogP contribution in [0.4, 0.5) is 14.5 Å². The van der Waals surface area contributed by atoms with Gasteiger partial charge in [0.05, 0.1) is 12.0 Å². The van der Waals surface area contributed by atoms with E-state index >= 15 is 0 Å². The quantitative estimate of drug-likeness (QED) is 0.129. The van der Waals surface area contributed by atoms with Crippen molar-refractivity contribution >= 4 is 31.6 Å². The van der Waals surface area contributed by atoms with E-state index in [2.05, 4.69) is 0 Å². The third kappa shape index (κ3) is 6.95. The normalized spacial score (nSPS) is 17.6. The number of ether oxygens (including phenoxy) is 1. The zero-order chi connectivity index (χ0) is 30.3. The van der Waals surface area contributed by atoms with Gasteiger partial charge in [-0.3, -0.25) is 9.59 Å². The fourth-order valence-electron chi connectivity index (χ4n) is 5.43. The standard InChI is InChI=1S/C32H37F2NO6Si/c1-5-38-42(39-6-2,40-7-3)28-18-10-24(11-19-28)31-29(32(37)35(31)27-16-14-26(34)15-17-27)20-21-30(41-22(4)36)23-8-12-25(33)13-9-23/h8-19,29-31H,5-7,20-21H2,1-4H3/t29?,30-,31+/m0/s1. The van der Waals surface area contributed by atoms with Crippen LogP contribution in [0.2, 0.25) is 0 Å². The molecule has 1 saturated heterocycles. The van der Waals surface area contributed by atoms with Crippen LogP contribution in [0.3, 0.4) is 0 Å². The van der Waals surface area contributed by atoms with E-state index < -0.39 is 38.4 Å². The van der Waals surface area contributed by atoms with Crippen LogP contribution in [0.5, 0.6) is 0 Å². The zero-order valence-electron chi connectivity index (χ0n) is 24.3. The van der Waals surface area contributed by atoms with E-state index in [1.165, 1.54) is 31.2 Å². The van der Waals surface area contributed by atoms with Gasteiger partial charge in [0.25, 0.3) is 0 Å². The van der Waals surface area contributed by atoms with Crippen molar-refractivity contribution < 1.29 is 36.4 Å². The first-order valence-corrected chi connectivity index (χ1v) is 16.0. The van der Waals surface area contributed by atoms with E-state index in [9.17, 15) is 18.4 Å². The Bertz CT molecular complexity index is 1320. The number of benzene rings is 3. The molecule has 0 radical (unpaired) electrons. The summed E-state index contributed by atoms with van der Waals surface area (Å²) in [4.78, 5) is 27.1. The van der Waals surface area contributed by atoms with Crippen molar-refractivity contribution in [3.05, 3.63) is 95.6 Å². The Kier molecular flexibility index (Phi) is 10.6. The van der Waals surface area contributed by atoms with E-state index in [0.717, 1.165) is 10.8 Å². The summed E-state index contributed by atoms with van der Waals surface area (Å²) in [6.45, 7) is 8.31. The lowest BCUT2D eigenvalue weighted by Crippen LogP contribution is -2.57. The van der Waals surface area contributed by atoms with Crippen molar-refractivity contribution in [2.45, 2.75) is 52.7 Å². The monoisotopic (exact) mass is 597 g/mol. The summed E-state index contributed by atoms with van der Waals surface area (Å²) in [7, 11) is -3.12. The number of β-lactam (4-membered cyclic amide) rings is 1. The lowest BCUT2D eigenvalue weighted by molar-refractivity contribution is -0.147. The highest BCUT2D eigenvalue weighted by molar-refractivity contribution is 6.75. The summed E-state index contributed by atoms with van der Waals surface area (Å²) in [5.74, 6) is -1.78. The minimum absolute atomic E-state index is 0.113. The van der Waals surface area contributed by atoms with Gasteiger partial charge in [0.15, 0.2) is 0 Å². The second-order valence-electron chi connectivity index (χ2n) is 9.94. The van der Waals surface area contributed by atoms with Crippen molar-refractivity contribution in [2.24, 2.45) is 5.92 Å². The summed E-state index contributed by atoms with van der Waals surface area (Å²) < 4.78 is 51.0. The number of carbonyl (C=O) groups excluding carboxylic acids is 2. The molecular formula is C32H37F2NO6Si. The molecule has 1 heterocycles. The molecule has 3 aromatic rings. The average molecular weight is 598 g/mol. The van der Waals surface area contributed by atoms with Crippen LogP contribution in [0.25, 0.3) is 0 Å². The number of hydrogen-bond donors (Lipinski definition) is 0. The molecule has 224 valence electrons. The number of amides is 1. The Labute approximate surface area is 246 Å². The van der Waals surface area contributed by atoms with Crippen LogP contribution in [0.15, 0.2) is 72.8 Å². The van der Waals surface area contributed by atoms with Gasteiger partial charge in [-0.15, -0.1) is 0 Å². The van der Waals surface area contributed by atoms with Gasteiger partial charge in [-0.25, -0.2) is 8.78 Å². The number of rotatable bonds is 14. The molecule has 3 atom stereocenters. The lowest BCUT2D eigenvalue weighted by atomic mass is 9.78. The molecule has 1 aliphatic heterocycles. The number of halogens is 2. The molecule has 3 aromatic carbocycles. The number of nitrogens with zero attached hydrogens (tertiary/aromatic N) is 1. The van der Waals surface area contributed by atoms with Crippen LogP contribution >= 0.6 is 0 Å². The second kappa shape index (κ2) is 14.2. The molecule has 1 aliphatic rings. The Morgan fingerprint density at radius 1 is 0.833 bits per heavy atom. The molecule has 10 heteroatoms. The van der Waals surface area contributed by atoms with Gasteiger partial charge in [-0.1, -0.05) is 36.4 Å². The van der Waals surface area contributed by atoms with Gasteiger partial charge in [-0.05, 0) is 81.1 Å². The van der Waals surface area contributed by atoms with Crippen LogP contribution in [0, 0.1) is 17.6 Å². The van der Waals surface area contributed by atoms with E-state index in [1.807, 2.05) is 45.0 Å². The number of carbonyl (C=O) groups is 2. The third-order valence-electron chi connectivity index (χ3n) is 7.22. The second-order valence-corrected chi connectivity index (χ2v) is 12.5. The Morgan fingerprint density at radius 3 is 1.86 bits per heavy atom. The molecule has 42 heavy (non-hydrogen) atoms. The molecule has 0 saturated carbocycles. The van der Waals surface area contributed by atoms with E-state index in [1.54, 1.807) is 29.2 Å². The van der Waals surface area contributed by atoms with Crippen molar-refractivity contribution in [1.29, 1.82) is 0 Å². The van der Waals surface area contributed by atoms with E-state index in [4.69, 9.17) is 18.0 Å². The van der Waals surface area contributed by atoms with Gasteiger partial charge >= 0.3 is 14.8 Å². The lowest BCUT2D eigenvalue weighted by Gasteiger charge is -2.48. The number of esters is 1. The smallest absolute Gasteiger partial charge is 0.458 e. The minimum atomic E-state index is -3.12. The first-order chi connectivity index (χ1) is 20.2. The van der Waals surface area contributed by atoms with Gasteiger partial charge in [0.1, 0.15) is 17.7 Å². The molecule has 1 fully saturated rings. The molecule has 0 aliphatic carbocycles. The average Bonchev–Trinajstić information content (AvgIpc) is 2.97. The molecule has 0 N–H and O–H groups in total. The minimum Gasteiger partial charge on any atom is -0.458 e. The van der Waals surface area contributed by atoms with Crippen LogP contribution in [0.1, 0.15) is 63.8 Å². The predicted octanol–water partition coefficient (Wildman–Crippen LogP) is 6.01. The van der Waals surface area contributed by atoms with Crippen molar-refractivity contribution in [1.82, 2.24) is 0 Å². The first-order valence-electron chi connectivity index (χ1n) is 14.3. The van der Waals surface area contributed by atoms with Crippen LogP contribution < -0.4 is 10.1 Å². The summed E-state index contributed by atoms with van der Waals surface area (Å²) in [6.07, 6.45) is 0.144. The maximum atomic E-state index is 13.7. The molecule has 1 amide bonds. The number of anilines is 1. The van der Waals surface area contributed by atoms with Crippen molar-refractivity contribution in [2.75, 3.05) is 24.7 Å². The third-order valence-corrected chi connectivity index (χ3v) is 10.3. The summed E-state index contributed by atoms with van der Waals surface area (Å²) in [5, 5.41) is 0.818. The first kappa shape index (κ1) is 31.5. The molecule has 1 unspecified atom stereocenters. The summed E-state index contributed by atoms with van der Waals surface area (Å²) in [5.41, 5.74) is 2.12. The van der Waals surface area contributed by atoms with E-state index in [0.29, 0.717) is 43.9 Å². The highest BCUT2D eigenvalue weighted by Gasteiger charge is 2.49. The molecule has 0 bridgehead atoms. The summed E-state index contributed by atoms with van der Waals surface area (Å²) in [6, 6.07) is 19.0.